The van der Waals surface area contributed by atoms with E-state index in [4.69, 9.17) is 5.73 Å². The van der Waals surface area contributed by atoms with Gasteiger partial charge in [-0.3, -0.25) is 5.10 Å². The molecule has 0 fully saturated rings. The Kier molecular flexibility index (Phi) is 4.20. The quantitative estimate of drug-likeness (QED) is 0.823. The Labute approximate surface area is 108 Å². The Morgan fingerprint density at radius 2 is 2.06 bits per heavy atom. The fourth-order valence-corrected chi connectivity index (χ4v) is 2.41. The van der Waals surface area contributed by atoms with Crippen LogP contribution < -0.4 is 5.73 Å². The lowest BCUT2D eigenvalue weighted by Gasteiger charge is -2.17. The molecule has 4 heteroatoms. The average Bonchev–Trinajstić information content (AvgIpc) is 2.77. The van der Waals surface area contributed by atoms with Crippen LogP contribution in [0.4, 0.5) is 5.82 Å². The van der Waals surface area contributed by atoms with Gasteiger partial charge in [0.05, 0.1) is 5.52 Å². The third kappa shape index (κ3) is 2.64. The van der Waals surface area contributed by atoms with Crippen molar-refractivity contribution in [3.63, 3.8) is 0 Å². The van der Waals surface area contributed by atoms with Gasteiger partial charge >= 0.3 is 0 Å². The standard InChI is InChI=1S/C14H22N4/c1-3-18(4-2)10-6-8-11-7-5-9-12-13(11)14(15)17-16-12/h5,7,9H,3-4,6,8,10H2,1-2H3,(H3,15,16,17). The first-order valence-electron chi connectivity index (χ1n) is 6.70. The minimum absolute atomic E-state index is 0.614. The zero-order valence-electron chi connectivity index (χ0n) is 11.2. The second kappa shape index (κ2) is 5.87. The highest BCUT2D eigenvalue weighted by atomic mass is 15.1. The molecule has 18 heavy (non-hydrogen) atoms. The first-order valence-corrected chi connectivity index (χ1v) is 6.70. The third-order valence-electron chi connectivity index (χ3n) is 3.52. The number of nitrogens with one attached hydrogen (secondary N) is 1. The van der Waals surface area contributed by atoms with Crippen LogP contribution in [0.2, 0.25) is 0 Å². The number of nitrogen functional groups attached to an aromatic ring is 1. The van der Waals surface area contributed by atoms with Gasteiger partial charge in [-0.1, -0.05) is 26.0 Å². The summed E-state index contributed by atoms with van der Waals surface area (Å²) in [7, 11) is 0. The van der Waals surface area contributed by atoms with Crippen molar-refractivity contribution in [3.05, 3.63) is 23.8 Å². The molecule has 0 aliphatic heterocycles. The largest absolute Gasteiger partial charge is 0.382 e. The number of aromatic amines is 1. The molecule has 0 saturated carbocycles. The van der Waals surface area contributed by atoms with Crippen molar-refractivity contribution >= 4 is 16.7 Å². The minimum atomic E-state index is 0.614. The van der Waals surface area contributed by atoms with E-state index in [0.717, 1.165) is 43.4 Å². The molecular weight excluding hydrogens is 224 g/mol. The van der Waals surface area contributed by atoms with Crippen LogP contribution in [0.1, 0.15) is 25.8 Å². The first kappa shape index (κ1) is 12.9. The van der Waals surface area contributed by atoms with Gasteiger partial charge in [0.2, 0.25) is 0 Å². The lowest BCUT2D eigenvalue weighted by atomic mass is 10.0. The SMILES string of the molecule is CCN(CC)CCCc1cccc2[nH]nc(N)c12. The number of H-pyrrole nitrogens is 1. The monoisotopic (exact) mass is 246 g/mol. The van der Waals surface area contributed by atoms with Gasteiger partial charge in [-0.05, 0) is 44.1 Å². The van der Waals surface area contributed by atoms with Crippen molar-refractivity contribution in [2.45, 2.75) is 26.7 Å². The molecule has 0 aliphatic rings. The van der Waals surface area contributed by atoms with E-state index in [1.807, 2.05) is 6.07 Å². The molecule has 0 bridgehead atoms. The zero-order chi connectivity index (χ0) is 13.0. The van der Waals surface area contributed by atoms with Crippen molar-refractivity contribution in [2.75, 3.05) is 25.4 Å². The summed E-state index contributed by atoms with van der Waals surface area (Å²) in [5.74, 6) is 0.614. The molecule has 1 aromatic carbocycles. The van der Waals surface area contributed by atoms with E-state index in [-0.39, 0.29) is 0 Å². The molecule has 4 nitrogen and oxygen atoms in total. The van der Waals surface area contributed by atoms with E-state index in [9.17, 15) is 0 Å². The summed E-state index contributed by atoms with van der Waals surface area (Å²) >= 11 is 0. The molecule has 2 rings (SSSR count). The van der Waals surface area contributed by atoms with Crippen LogP contribution in [0.3, 0.4) is 0 Å². The van der Waals surface area contributed by atoms with Gasteiger partial charge in [0, 0.05) is 5.39 Å². The molecule has 0 amide bonds. The highest BCUT2D eigenvalue weighted by molar-refractivity contribution is 5.91. The summed E-state index contributed by atoms with van der Waals surface area (Å²) in [6, 6.07) is 6.23. The van der Waals surface area contributed by atoms with Crippen LogP contribution in [0, 0.1) is 0 Å². The topological polar surface area (TPSA) is 57.9 Å². The number of hydrogen-bond donors (Lipinski definition) is 2. The van der Waals surface area contributed by atoms with Gasteiger partial charge in [-0.2, -0.15) is 5.10 Å². The normalized spacial score (nSPS) is 11.5. The molecule has 0 aliphatic carbocycles. The zero-order valence-corrected chi connectivity index (χ0v) is 11.2. The number of hydrogen-bond acceptors (Lipinski definition) is 3. The first-order chi connectivity index (χ1) is 8.76. The molecule has 1 aromatic heterocycles. The summed E-state index contributed by atoms with van der Waals surface area (Å²) < 4.78 is 0. The number of anilines is 1. The average molecular weight is 246 g/mol. The maximum absolute atomic E-state index is 5.91. The lowest BCUT2D eigenvalue weighted by molar-refractivity contribution is 0.300. The Morgan fingerprint density at radius 1 is 1.28 bits per heavy atom. The Balaban J connectivity index is 2.05. The smallest absolute Gasteiger partial charge is 0.153 e. The molecule has 0 unspecified atom stereocenters. The summed E-state index contributed by atoms with van der Waals surface area (Å²) in [5.41, 5.74) is 8.24. The van der Waals surface area contributed by atoms with Crippen molar-refractivity contribution in [2.24, 2.45) is 0 Å². The molecular formula is C14H22N4. The van der Waals surface area contributed by atoms with Crippen LogP contribution in [-0.2, 0) is 6.42 Å². The van der Waals surface area contributed by atoms with E-state index < -0.39 is 0 Å². The second-order valence-electron chi connectivity index (χ2n) is 4.58. The molecule has 0 atom stereocenters. The fraction of sp³-hybridized carbons (Fsp3) is 0.500. The van der Waals surface area contributed by atoms with Crippen molar-refractivity contribution in [1.29, 1.82) is 0 Å². The van der Waals surface area contributed by atoms with Gasteiger partial charge in [0.1, 0.15) is 0 Å². The minimum Gasteiger partial charge on any atom is -0.382 e. The number of aryl methyl sites for hydroxylation is 1. The van der Waals surface area contributed by atoms with Gasteiger partial charge in [-0.25, -0.2) is 0 Å². The van der Waals surface area contributed by atoms with E-state index in [0.29, 0.717) is 5.82 Å². The van der Waals surface area contributed by atoms with Crippen LogP contribution in [0.25, 0.3) is 10.9 Å². The summed E-state index contributed by atoms with van der Waals surface area (Å²) in [4.78, 5) is 2.44. The van der Waals surface area contributed by atoms with Crippen molar-refractivity contribution in [1.82, 2.24) is 15.1 Å². The van der Waals surface area contributed by atoms with Gasteiger partial charge in [0.25, 0.3) is 0 Å². The van der Waals surface area contributed by atoms with E-state index >= 15 is 0 Å². The maximum Gasteiger partial charge on any atom is 0.153 e. The maximum atomic E-state index is 5.91. The van der Waals surface area contributed by atoms with Crippen LogP contribution in [-0.4, -0.2) is 34.7 Å². The number of nitrogens with zero attached hydrogens (tertiary/aromatic N) is 2. The highest BCUT2D eigenvalue weighted by Gasteiger charge is 2.07. The van der Waals surface area contributed by atoms with E-state index in [1.165, 1.54) is 5.56 Å². The summed E-state index contributed by atoms with van der Waals surface area (Å²) in [5, 5.41) is 8.13. The third-order valence-corrected chi connectivity index (χ3v) is 3.52. The molecule has 3 N–H and O–H groups in total. The molecule has 98 valence electrons. The predicted octanol–water partition coefficient (Wildman–Crippen LogP) is 2.42. The summed E-state index contributed by atoms with van der Waals surface area (Å²) in [6.07, 6.45) is 2.21. The Hall–Kier alpha value is -1.55. The number of benzene rings is 1. The Bertz CT molecular complexity index is 499. The molecule has 0 radical (unpaired) electrons. The van der Waals surface area contributed by atoms with E-state index in [1.54, 1.807) is 0 Å². The highest BCUT2D eigenvalue weighted by Crippen LogP contribution is 2.23. The molecule has 1 heterocycles. The summed E-state index contributed by atoms with van der Waals surface area (Å²) in [6.45, 7) is 7.79. The Morgan fingerprint density at radius 3 is 2.78 bits per heavy atom. The van der Waals surface area contributed by atoms with Crippen LogP contribution >= 0.6 is 0 Å². The number of rotatable bonds is 6. The second-order valence-corrected chi connectivity index (χ2v) is 4.58. The fourth-order valence-electron chi connectivity index (χ4n) is 2.41. The van der Waals surface area contributed by atoms with Crippen LogP contribution in [0.5, 0.6) is 0 Å². The number of aromatic nitrogens is 2. The predicted molar refractivity (Wildman–Crippen MR) is 76.6 cm³/mol. The van der Waals surface area contributed by atoms with Gasteiger partial charge in [-0.15, -0.1) is 0 Å². The van der Waals surface area contributed by atoms with Gasteiger partial charge < -0.3 is 10.6 Å². The van der Waals surface area contributed by atoms with Gasteiger partial charge in [0.15, 0.2) is 5.82 Å². The number of nitrogens with two attached hydrogens (primary N) is 1. The van der Waals surface area contributed by atoms with Crippen molar-refractivity contribution in [3.8, 4) is 0 Å². The molecule has 0 saturated heterocycles. The van der Waals surface area contributed by atoms with Crippen molar-refractivity contribution < 1.29 is 0 Å². The van der Waals surface area contributed by atoms with Crippen LogP contribution in [0.15, 0.2) is 18.2 Å². The van der Waals surface area contributed by atoms with E-state index in [2.05, 4.69) is 41.1 Å². The number of fused-ring (bicyclic) bond motifs is 1. The lowest BCUT2D eigenvalue weighted by Crippen LogP contribution is -2.24. The molecule has 2 aromatic rings. The molecule has 0 spiro atoms.